The first-order valence-electron chi connectivity index (χ1n) is 11.5. The molecule has 1 aromatic rings. The standard InChI is InChI=1S/C16H36N.C7H5F3O3S/c1-5-9-13-17(14-10-6-2,15-11-7-3)16-12-8-4;8-7(9,10)5-2-1-3-6(4-5)14(11,12)13/h5-16H2,1-4H3;1-4H,(H,11,12,13)/q+1;. The van der Waals surface area contributed by atoms with Crippen molar-refractivity contribution in [3.8, 4) is 0 Å². The molecule has 0 fully saturated rings. The van der Waals surface area contributed by atoms with Gasteiger partial charge in [0.1, 0.15) is 0 Å². The molecule has 182 valence electrons. The van der Waals surface area contributed by atoms with Gasteiger partial charge in [-0.05, 0) is 43.9 Å². The smallest absolute Gasteiger partial charge is 0.324 e. The van der Waals surface area contributed by atoms with Crippen molar-refractivity contribution in [1.82, 2.24) is 0 Å². The van der Waals surface area contributed by atoms with Gasteiger partial charge in [-0.3, -0.25) is 4.55 Å². The monoisotopic (exact) mass is 468 g/mol. The highest BCUT2D eigenvalue weighted by atomic mass is 32.2. The lowest BCUT2D eigenvalue weighted by molar-refractivity contribution is -0.929. The number of halogens is 3. The number of rotatable bonds is 13. The second-order valence-electron chi connectivity index (χ2n) is 8.15. The number of quaternary nitrogens is 1. The van der Waals surface area contributed by atoms with E-state index in [1.807, 2.05) is 0 Å². The normalized spacial score (nSPS) is 12.4. The maximum Gasteiger partial charge on any atom is 0.416 e. The van der Waals surface area contributed by atoms with Gasteiger partial charge < -0.3 is 4.48 Å². The van der Waals surface area contributed by atoms with Crippen molar-refractivity contribution in [2.75, 3.05) is 26.2 Å². The molecule has 1 rings (SSSR count). The van der Waals surface area contributed by atoms with E-state index in [2.05, 4.69) is 27.7 Å². The third-order valence-corrected chi connectivity index (χ3v) is 6.25. The van der Waals surface area contributed by atoms with Gasteiger partial charge in [-0.2, -0.15) is 21.6 Å². The number of unbranched alkanes of at least 4 members (excludes halogenated alkanes) is 4. The first kappa shape index (κ1) is 29.9. The summed E-state index contributed by atoms with van der Waals surface area (Å²) in [6.45, 7) is 15.0. The zero-order chi connectivity index (χ0) is 24.0. The lowest BCUT2D eigenvalue weighted by Crippen LogP contribution is -2.50. The maximum atomic E-state index is 12.1. The van der Waals surface area contributed by atoms with Crippen molar-refractivity contribution >= 4 is 10.1 Å². The van der Waals surface area contributed by atoms with Crippen LogP contribution >= 0.6 is 0 Å². The van der Waals surface area contributed by atoms with Crippen LogP contribution < -0.4 is 0 Å². The summed E-state index contributed by atoms with van der Waals surface area (Å²) in [4.78, 5) is -0.771. The van der Waals surface area contributed by atoms with E-state index in [1.165, 1.54) is 82.0 Å². The Morgan fingerprint density at radius 3 is 1.48 bits per heavy atom. The highest BCUT2D eigenvalue weighted by molar-refractivity contribution is 7.85. The lowest BCUT2D eigenvalue weighted by Gasteiger charge is -2.39. The van der Waals surface area contributed by atoms with Gasteiger partial charge in [0.2, 0.25) is 0 Å². The molecule has 0 spiro atoms. The molecule has 0 aromatic heterocycles. The number of benzene rings is 1. The molecular weight excluding hydrogens is 427 g/mol. The Labute approximate surface area is 187 Å². The van der Waals surface area contributed by atoms with Crippen LogP contribution in [-0.2, 0) is 16.3 Å². The first-order valence-corrected chi connectivity index (χ1v) is 12.9. The summed E-state index contributed by atoms with van der Waals surface area (Å²) in [6.07, 6.45) is 6.44. The summed E-state index contributed by atoms with van der Waals surface area (Å²) < 4.78 is 67.1. The topological polar surface area (TPSA) is 54.4 Å². The average molecular weight is 469 g/mol. The summed E-state index contributed by atoms with van der Waals surface area (Å²) in [5, 5.41) is 0. The minimum Gasteiger partial charge on any atom is -0.324 e. The van der Waals surface area contributed by atoms with Crippen molar-refractivity contribution < 1.29 is 30.6 Å². The van der Waals surface area contributed by atoms with Gasteiger partial charge >= 0.3 is 6.18 Å². The minimum atomic E-state index is -4.62. The molecule has 0 heterocycles. The largest absolute Gasteiger partial charge is 0.416 e. The second-order valence-corrected chi connectivity index (χ2v) is 9.57. The zero-order valence-corrected chi connectivity index (χ0v) is 20.4. The van der Waals surface area contributed by atoms with Gasteiger partial charge in [0.15, 0.2) is 0 Å². The fourth-order valence-electron chi connectivity index (χ4n) is 3.48. The zero-order valence-electron chi connectivity index (χ0n) is 19.5. The van der Waals surface area contributed by atoms with E-state index in [4.69, 9.17) is 4.55 Å². The molecular formula is C23H41F3NO3S+. The Kier molecular flexibility index (Phi) is 14.3. The number of nitrogens with zero attached hydrogens (tertiary/aromatic N) is 1. The molecule has 0 saturated carbocycles. The van der Waals surface area contributed by atoms with E-state index in [0.717, 1.165) is 12.1 Å². The van der Waals surface area contributed by atoms with Crippen LogP contribution in [0.3, 0.4) is 0 Å². The fourth-order valence-corrected chi connectivity index (χ4v) is 4.00. The molecule has 31 heavy (non-hydrogen) atoms. The molecule has 4 nitrogen and oxygen atoms in total. The predicted octanol–water partition coefficient (Wildman–Crippen LogP) is 6.96. The van der Waals surface area contributed by atoms with Crippen LogP contribution in [0.15, 0.2) is 29.2 Å². The van der Waals surface area contributed by atoms with Gasteiger partial charge in [0.05, 0.1) is 36.6 Å². The van der Waals surface area contributed by atoms with E-state index in [-0.39, 0.29) is 0 Å². The summed E-state index contributed by atoms with van der Waals surface area (Å²) >= 11 is 0. The van der Waals surface area contributed by atoms with Crippen molar-refractivity contribution in [1.29, 1.82) is 0 Å². The Morgan fingerprint density at radius 2 is 1.19 bits per heavy atom. The summed E-state index contributed by atoms with van der Waals surface area (Å²) in [7, 11) is -4.59. The highest BCUT2D eigenvalue weighted by Gasteiger charge is 2.31. The van der Waals surface area contributed by atoms with Gasteiger partial charge in [-0.25, -0.2) is 0 Å². The van der Waals surface area contributed by atoms with Crippen molar-refractivity contribution in [3.63, 3.8) is 0 Å². The van der Waals surface area contributed by atoms with E-state index in [9.17, 15) is 21.6 Å². The third kappa shape index (κ3) is 12.5. The maximum absolute atomic E-state index is 12.1. The second kappa shape index (κ2) is 14.9. The van der Waals surface area contributed by atoms with Gasteiger partial charge in [0.25, 0.3) is 10.1 Å². The summed E-state index contributed by atoms with van der Waals surface area (Å²) in [6, 6.07) is 2.88. The van der Waals surface area contributed by atoms with E-state index < -0.39 is 26.8 Å². The molecule has 8 heteroatoms. The molecule has 0 atom stereocenters. The average Bonchev–Trinajstić information content (AvgIpc) is 2.72. The van der Waals surface area contributed by atoms with Gasteiger partial charge in [-0.15, -0.1) is 0 Å². The first-order chi connectivity index (χ1) is 14.5. The molecule has 0 aliphatic heterocycles. The molecule has 0 aliphatic rings. The fraction of sp³-hybridized carbons (Fsp3) is 0.739. The summed E-state index contributed by atoms with van der Waals surface area (Å²) in [5.41, 5.74) is -1.12. The molecule has 0 saturated heterocycles. The van der Waals surface area contributed by atoms with Crippen molar-refractivity contribution in [2.45, 2.75) is 90.1 Å². The van der Waals surface area contributed by atoms with E-state index in [1.54, 1.807) is 0 Å². The number of alkyl halides is 3. The Bertz CT molecular complexity index is 669. The van der Waals surface area contributed by atoms with Crippen LogP contribution in [0.1, 0.15) is 84.6 Å². The van der Waals surface area contributed by atoms with Gasteiger partial charge in [0, 0.05) is 0 Å². The molecule has 0 bridgehead atoms. The van der Waals surface area contributed by atoms with E-state index in [0.29, 0.717) is 12.1 Å². The quantitative estimate of drug-likeness (QED) is 0.252. The molecule has 0 amide bonds. The Morgan fingerprint density at radius 1 is 0.806 bits per heavy atom. The Balaban J connectivity index is 0.000000590. The molecule has 0 unspecified atom stereocenters. The lowest BCUT2D eigenvalue weighted by atomic mass is 10.1. The van der Waals surface area contributed by atoms with Crippen molar-refractivity contribution in [2.24, 2.45) is 0 Å². The minimum absolute atomic E-state index is 0.370. The van der Waals surface area contributed by atoms with Crippen LogP contribution in [-0.4, -0.2) is 43.6 Å². The molecule has 0 aliphatic carbocycles. The molecule has 1 aromatic carbocycles. The van der Waals surface area contributed by atoms with Crippen LogP contribution in [0.4, 0.5) is 13.2 Å². The van der Waals surface area contributed by atoms with Gasteiger partial charge in [-0.1, -0.05) is 59.4 Å². The van der Waals surface area contributed by atoms with Crippen LogP contribution in [0.2, 0.25) is 0 Å². The number of hydrogen-bond acceptors (Lipinski definition) is 2. The predicted molar refractivity (Wildman–Crippen MR) is 121 cm³/mol. The number of hydrogen-bond donors (Lipinski definition) is 1. The van der Waals surface area contributed by atoms with Crippen LogP contribution in [0, 0.1) is 0 Å². The summed E-state index contributed by atoms with van der Waals surface area (Å²) in [5.74, 6) is 0. The molecule has 1 N–H and O–H groups in total. The van der Waals surface area contributed by atoms with Crippen LogP contribution in [0.25, 0.3) is 0 Å². The SMILES string of the molecule is CCCC[N+](CCCC)(CCCC)CCCC.O=S(=O)(O)c1cccc(C(F)(F)F)c1. The third-order valence-electron chi connectivity index (χ3n) is 5.40. The van der Waals surface area contributed by atoms with E-state index >= 15 is 0 Å². The van der Waals surface area contributed by atoms with Crippen molar-refractivity contribution in [3.05, 3.63) is 29.8 Å². The molecule has 0 radical (unpaired) electrons. The highest BCUT2D eigenvalue weighted by Crippen LogP contribution is 2.30. The Hall–Kier alpha value is -1.12. The van der Waals surface area contributed by atoms with Crippen LogP contribution in [0.5, 0.6) is 0 Å².